The van der Waals surface area contributed by atoms with Crippen molar-refractivity contribution in [1.82, 2.24) is 10.2 Å². The first-order valence-corrected chi connectivity index (χ1v) is 7.78. The molecule has 0 bridgehead atoms. The van der Waals surface area contributed by atoms with Crippen molar-refractivity contribution in [3.8, 4) is 0 Å². The van der Waals surface area contributed by atoms with Crippen molar-refractivity contribution in [2.24, 2.45) is 0 Å². The Morgan fingerprint density at radius 2 is 1.90 bits per heavy atom. The fraction of sp³-hybridized carbons (Fsp3) is 0.533. The zero-order valence-corrected chi connectivity index (χ0v) is 14.0. The lowest BCUT2D eigenvalue weighted by Gasteiger charge is -2.20. The number of carbonyl (C=O) groups excluding carboxylic acids is 1. The van der Waals surface area contributed by atoms with E-state index in [1.54, 1.807) is 0 Å². The molecule has 0 aromatic heterocycles. The van der Waals surface area contributed by atoms with Gasteiger partial charge < -0.3 is 10.2 Å². The summed E-state index contributed by atoms with van der Waals surface area (Å²) in [7, 11) is 0. The van der Waals surface area contributed by atoms with Crippen molar-refractivity contribution in [2.45, 2.75) is 32.2 Å². The van der Waals surface area contributed by atoms with Crippen molar-refractivity contribution in [1.29, 1.82) is 0 Å². The Kier molecular flexibility index (Phi) is 8.19. The average Bonchev–Trinajstić information content (AvgIpc) is 2.62. The molecular formula is C15H22BrClN2O. The van der Waals surface area contributed by atoms with Crippen molar-refractivity contribution < 1.29 is 4.79 Å². The van der Waals surface area contributed by atoms with Crippen LogP contribution >= 0.6 is 28.3 Å². The molecule has 2 rings (SSSR count). The van der Waals surface area contributed by atoms with Gasteiger partial charge in [0.1, 0.15) is 0 Å². The third-order valence-electron chi connectivity index (χ3n) is 3.47. The summed E-state index contributed by atoms with van der Waals surface area (Å²) in [6.07, 6.45) is 4.13. The molecular weight excluding hydrogens is 340 g/mol. The molecule has 20 heavy (non-hydrogen) atoms. The molecule has 0 radical (unpaired) electrons. The number of rotatable bonds is 5. The Morgan fingerprint density at radius 3 is 2.65 bits per heavy atom. The van der Waals surface area contributed by atoms with Gasteiger partial charge >= 0.3 is 0 Å². The summed E-state index contributed by atoms with van der Waals surface area (Å²) in [5.41, 5.74) is 1.27. The van der Waals surface area contributed by atoms with Crippen LogP contribution in [0.5, 0.6) is 0 Å². The maximum atomic E-state index is 11.8. The molecule has 1 saturated heterocycles. The van der Waals surface area contributed by atoms with E-state index in [0.717, 1.165) is 49.9 Å². The molecule has 1 heterocycles. The minimum absolute atomic E-state index is 0. The van der Waals surface area contributed by atoms with Crippen LogP contribution < -0.4 is 5.32 Å². The summed E-state index contributed by atoms with van der Waals surface area (Å²) in [4.78, 5) is 13.8. The molecule has 1 N–H and O–H groups in total. The SMILES string of the molecule is Cl.O=C1CCCCCN1CCNCc1ccc(Br)cc1. The first kappa shape index (κ1) is 17.5. The van der Waals surface area contributed by atoms with E-state index in [1.165, 1.54) is 12.0 Å². The van der Waals surface area contributed by atoms with Gasteiger partial charge in [-0.15, -0.1) is 12.4 Å². The van der Waals surface area contributed by atoms with E-state index in [2.05, 4.69) is 45.5 Å². The third kappa shape index (κ3) is 5.81. The van der Waals surface area contributed by atoms with Crippen LogP contribution in [0.15, 0.2) is 28.7 Å². The summed E-state index contributed by atoms with van der Waals surface area (Å²) >= 11 is 3.43. The first-order chi connectivity index (χ1) is 9.25. The van der Waals surface area contributed by atoms with Crippen LogP contribution in [-0.2, 0) is 11.3 Å². The number of carbonyl (C=O) groups is 1. The van der Waals surface area contributed by atoms with Gasteiger partial charge in [0, 0.05) is 37.1 Å². The molecule has 1 aliphatic heterocycles. The molecule has 0 spiro atoms. The molecule has 0 aliphatic carbocycles. The average molecular weight is 362 g/mol. The number of benzene rings is 1. The van der Waals surface area contributed by atoms with Crippen LogP contribution in [0.1, 0.15) is 31.2 Å². The van der Waals surface area contributed by atoms with Gasteiger partial charge in [-0.25, -0.2) is 0 Å². The molecule has 1 aromatic carbocycles. The number of amides is 1. The van der Waals surface area contributed by atoms with E-state index in [9.17, 15) is 4.79 Å². The highest BCUT2D eigenvalue weighted by Gasteiger charge is 2.15. The Balaban J connectivity index is 0.00000200. The topological polar surface area (TPSA) is 32.3 Å². The lowest BCUT2D eigenvalue weighted by atomic mass is 10.2. The van der Waals surface area contributed by atoms with Crippen molar-refractivity contribution in [3.05, 3.63) is 34.3 Å². The van der Waals surface area contributed by atoms with Crippen molar-refractivity contribution in [2.75, 3.05) is 19.6 Å². The predicted molar refractivity (Wildman–Crippen MR) is 88.1 cm³/mol. The van der Waals surface area contributed by atoms with Gasteiger partial charge in [-0.05, 0) is 30.5 Å². The van der Waals surface area contributed by atoms with Gasteiger partial charge in [-0.1, -0.05) is 34.5 Å². The molecule has 112 valence electrons. The molecule has 1 fully saturated rings. The molecule has 5 heteroatoms. The molecule has 0 atom stereocenters. The van der Waals surface area contributed by atoms with Crippen LogP contribution in [0.25, 0.3) is 0 Å². The summed E-state index contributed by atoms with van der Waals surface area (Å²) < 4.78 is 1.10. The summed E-state index contributed by atoms with van der Waals surface area (Å²) in [5, 5.41) is 3.40. The Morgan fingerprint density at radius 1 is 1.15 bits per heavy atom. The Labute approximate surface area is 135 Å². The van der Waals surface area contributed by atoms with E-state index in [4.69, 9.17) is 0 Å². The number of nitrogens with one attached hydrogen (secondary N) is 1. The van der Waals surface area contributed by atoms with Gasteiger partial charge in [0.25, 0.3) is 0 Å². The quantitative estimate of drug-likeness (QED) is 0.816. The normalized spacial score (nSPS) is 15.7. The van der Waals surface area contributed by atoms with Crippen LogP contribution in [0.3, 0.4) is 0 Å². The van der Waals surface area contributed by atoms with Gasteiger partial charge in [0.15, 0.2) is 0 Å². The molecule has 3 nitrogen and oxygen atoms in total. The zero-order valence-electron chi connectivity index (χ0n) is 11.6. The van der Waals surface area contributed by atoms with Crippen molar-refractivity contribution >= 4 is 34.2 Å². The lowest BCUT2D eigenvalue weighted by Crippen LogP contribution is -2.36. The number of hydrogen-bond acceptors (Lipinski definition) is 2. The monoisotopic (exact) mass is 360 g/mol. The van der Waals surface area contributed by atoms with Crippen LogP contribution in [-0.4, -0.2) is 30.4 Å². The second-order valence-electron chi connectivity index (χ2n) is 4.99. The van der Waals surface area contributed by atoms with E-state index < -0.39 is 0 Å². The Bertz CT molecular complexity index is 411. The maximum absolute atomic E-state index is 11.8. The van der Waals surface area contributed by atoms with Crippen LogP contribution in [0, 0.1) is 0 Å². The van der Waals surface area contributed by atoms with E-state index >= 15 is 0 Å². The largest absolute Gasteiger partial charge is 0.341 e. The van der Waals surface area contributed by atoms with Crippen LogP contribution in [0.4, 0.5) is 0 Å². The minimum atomic E-state index is 0. The zero-order chi connectivity index (χ0) is 13.5. The van der Waals surface area contributed by atoms with Gasteiger partial charge in [0.2, 0.25) is 5.91 Å². The first-order valence-electron chi connectivity index (χ1n) is 6.98. The van der Waals surface area contributed by atoms with Crippen molar-refractivity contribution in [3.63, 3.8) is 0 Å². The minimum Gasteiger partial charge on any atom is -0.341 e. The number of likely N-dealkylation sites (tertiary alicyclic amines) is 1. The summed E-state index contributed by atoms with van der Waals surface area (Å²) in [6.45, 7) is 3.48. The highest BCUT2D eigenvalue weighted by molar-refractivity contribution is 9.10. The highest BCUT2D eigenvalue weighted by Crippen LogP contribution is 2.11. The second-order valence-corrected chi connectivity index (χ2v) is 5.91. The van der Waals surface area contributed by atoms with Gasteiger partial charge in [0.05, 0.1) is 0 Å². The van der Waals surface area contributed by atoms with E-state index in [-0.39, 0.29) is 12.4 Å². The molecule has 0 unspecified atom stereocenters. The standard InChI is InChI=1S/C15H21BrN2O.ClH/c16-14-7-5-13(6-8-14)12-17-9-11-18-10-3-1-2-4-15(18)19;/h5-8,17H,1-4,9-12H2;1H. The molecule has 0 saturated carbocycles. The summed E-state index contributed by atoms with van der Waals surface area (Å²) in [6, 6.07) is 8.31. The van der Waals surface area contributed by atoms with E-state index in [1.807, 2.05) is 4.90 Å². The predicted octanol–water partition coefficient (Wildman–Crippen LogP) is 3.36. The van der Waals surface area contributed by atoms with E-state index in [0.29, 0.717) is 5.91 Å². The summed E-state index contributed by atoms with van der Waals surface area (Å²) in [5.74, 6) is 0.322. The fourth-order valence-corrected chi connectivity index (χ4v) is 2.59. The number of halogens is 2. The van der Waals surface area contributed by atoms with Gasteiger partial charge in [-0.3, -0.25) is 4.79 Å². The lowest BCUT2D eigenvalue weighted by molar-refractivity contribution is -0.130. The maximum Gasteiger partial charge on any atom is 0.222 e. The fourth-order valence-electron chi connectivity index (χ4n) is 2.32. The molecule has 1 amide bonds. The smallest absolute Gasteiger partial charge is 0.222 e. The third-order valence-corrected chi connectivity index (χ3v) is 4.00. The van der Waals surface area contributed by atoms with Crippen LogP contribution in [0.2, 0.25) is 0 Å². The second kappa shape index (κ2) is 9.37. The highest BCUT2D eigenvalue weighted by atomic mass is 79.9. The Hall–Kier alpha value is -0.580. The molecule has 1 aromatic rings. The molecule has 1 aliphatic rings. The number of nitrogens with zero attached hydrogens (tertiary/aromatic N) is 1. The number of hydrogen-bond donors (Lipinski definition) is 1. The van der Waals surface area contributed by atoms with Gasteiger partial charge in [-0.2, -0.15) is 0 Å².